The van der Waals surface area contributed by atoms with Gasteiger partial charge in [-0.15, -0.1) is 0 Å². The largest absolute Gasteiger partial charge is 0.440 e. The summed E-state index contributed by atoms with van der Waals surface area (Å²) in [5.41, 5.74) is 0.955. The Morgan fingerprint density at radius 2 is 1.60 bits per heavy atom. The highest BCUT2D eigenvalue weighted by Crippen LogP contribution is 2.49. The molecule has 25 heavy (non-hydrogen) atoms. The molecule has 1 atom stereocenters. The van der Waals surface area contributed by atoms with E-state index in [2.05, 4.69) is 6.07 Å². The summed E-state index contributed by atoms with van der Waals surface area (Å²) in [7, 11) is 0. The Hall–Kier alpha value is -2.30. The Morgan fingerprint density at radius 3 is 2.32 bits per heavy atom. The highest BCUT2D eigenvalue weighted by atomic mass is 35.5. The minimum Gasteiger partial charge on any atom is -0.440 e. The molecule has 0 spiro atoms. The van der Waals surface area contributed by atoms with Crippen LogP contribution in [0.15, 0.2) is 54.6 Å². The van der Waals surface area contributed by atoms with Crippen molar-refractivity contribution in [2.75, 3.05) is 0 Å². The summed E-state index contributed by atoms with van der Waals surface area (Å²) >= 11 is 12.3. The highest BCUT2D eigenvalue weighted by molar-refractivity contribution is 6.35. The fourth-order valence-electron chi connectivity index (χ4n) is 2.73. The summed E-state index contributed by atoms with van der Waals surface area (Å²) in [6, 6.07) is 15.4. The molecule has 0 fully saturated rings. The van der Waals surface area contributed by atoms with Gasteiger partial charge in [0.15, 0.2) is 11.5 Å². The minimum absolute atomic E-state index is 0.201. The summed E-state index contributed by atoms with van der Waals surface area (Å²) in [5.74, 6) is -1.97. The molecule has 4 rings (SSSR count). The van der Waals surface area contributed by atoms with Crippen molar-refractivity contribution < 1.29 is 18.3 Å². The molecule has 0 aliphatic carbocycles. The molecule has 1 radical (unpaired) electrons. The summed E-state index contributed by atoms with van der Waals surface area (Å²) in [5, 5.41) is 0.743. The van der Waals surface area contributed by atoms with E-state index in [0.717, 1.165) is 0 Å². The molecule has 1 heterocycles. The second-order valence-electron chi connectivity index (χ2n) is 5.46. The molecule has 2 nitrogen and oxygen atoms in total. The lowest BCUT2D eigenvalue weighted by molar-refractivity contribution is -0.0458. The molecule has 0 aromatic heterocycles. The van der Waals surface area contributed by atoms with Crippen LogP contribution in [0.5, 0.6) is 11.5 Å². The van der Waals surface area contributed by atoms with Crippen LogP contribution in [0.25, 0.3) is 0 Å². The number of halogens is 4. The number of benzene rings is 3. The van der Waals surface area contributed by atoms with E-state index in [1.807, 2.05) is 0 Å². The summed E-state index contributed by atoms with van der Waals surface area (Å²) in [6.07, 6.45) is 0. The highest BCUT2D eigenvalue weighted by Gasteiger charge is 2.47. The van der Waals surface area contributed by atoms with Crippen LogP contribution in [0.3, 0.4) is 0 Å². The van der Waals surface area contributed by atoms with Crippen molar-refractivity contribution in [3.63, 3.8) is 0 Å². The van der Waals surface area contributed by atoms with E-state index < -0.39 is 17.4 Å². The first-order valence-corrected chi connectivity index (χ1v) is 8.04. The predicted octanol–water partition coefficient (Wildman–Crippen LogP) is 5.74. The van der Waals surface area contributed by atoms with Crippen molar-refractivity contribution in [1.29, 1.82) is 0 Å². The number of rotatable bonds is 2. The molecule has 3 aromatic rings. The Morgan fingerprint density at radius 1 is 0.880 bits per heavy atom. The smallest absolute Gasteiger partial charge is 0.307 e. The normalized spacial score (nSPS) is 18.4. The number of hydrogen-bond acceptors (Lipinski definition) is 2. The van der Waals surface area contributed by atoms with E-state index in [4.69, 9.17) is 32.7 Å². The van der Waals surface area contributed by atoms with Gasteiger partial charge in [-0.3, -0.25) is 0 Å². The maximum absolute atomic E-state index is 13.5. The third-order valence-electron chi connectivity index (χ3n) is 3.86. The van der Waals surface area contributed by atoms with Gasteiger partial charge in [0.1, 0.15) is 11.6 Å². The average molecular weight is 378 g/mol. The summed E-state index contributed by atoms with van der Waals surface area (Å²) in [6.45, 7) is 0. The molecular weight excluding hydrogens is 369 g/mol. The molecular formula is C19H9Cl2F2O2. The first-order chi connectivity index (χ1) is 12.0. The molecule has 0 bridgehead atoms. The van der Waals surface area contributed by atoms with Crippen molar-refractivity contribution in [2.24, 2.45) is 0 Å². The summed E-state index contributed by atoms with van der Waals surface area (Å²) in [4.78, 5) is 0. The van der Waals surface area contributed by atoms with Crippen LogP contribution < -0.4 is 9.47 Å². The topological polar surface area (TPSA) is 18.5 Å². The van der Waals surface area contributed by atoms with E-state index in [0.29, 0.717) is 26.9 Å². The molecule has 1 aliphatic heterocycles. The number of ether oxygens (including phenoxy) is 2. The fourth-order valence-corrected chi connectivity index (χ4v) is 3.27. The lowest BCUT2D eigenvalue weighted by Crippen LogP contribution is -2.37. The quantitative estimate of drug-likeness (QED) is 0.566. The maximum atomic E-state index is 13.5. The zero-order valence-corrected chi connectivity index (χ0v) is 14.0. The van der Waals surface area contributed by atoms with Crippen LogP contribution >= 0.6 is 23.2 Å². The van der Waals surface area contributed by atoms with Gasteiger partial charge in [0, 0.05) is 22.7 Å². The Bertz CT molecular complexity index is 960. The van der Waals surface area contributed by atoms with E-state index in [9.17, 15) is 8.78 Å². The number of fused-ring (bicyclic) bond motifs is 1. The molecule has 1 aliphatic rings. The van der Waals surface area contributed by atoms with Gasteiger partial charge in [0.05, 0.1) is 10.6 Å². The second-order valence-corrected chi connectivity index (χ2v) is 6.30. The van der Waals surface area contributed by atoms with Crippen molar-refractivity contribution in [3.8, 4) is 11.5 Å². The third kappa shape index (κ3) is 2.71. The average Bonchev–Trinajstić information content (AvgIpc) is 2.94. The lowest BCUT2D eigenvalue weighted by Gasteiger charge is -2.29. The van der Waals surface area contributed by atoms with Gasteiger partial charge in [0.2, 0.25) is 0 Å². The zero-order chi connectivity index (χ0) is 17.6. The van der Waals surface area contributed by atoms with Crippen molar-refractivity contribution in [2.45, 2.75) is 5.79 Å². The van der Waals surface area contributed by atoms with E-state index in [-0.39, 0.29) is 5.75 Å². The van der Waals surface area contributed by atoms with Gasteiger partial charge in [-0.2, -0.15) is 0 Å². The molecule has 0 amide bonds. The molecule has 3 aromatic carbocycles. The third-order valence-corrected chi connectivity index (χ3v) is 4.41. The molecule has 6 heteroatoms. The Balaban J connectivity index is 1.92. The molecule has 0 saturated heterocycles. The van der Waals surface area contributed by atoms with E-state index >= 15 is 0 Å². The molecule has 125 valence electrons. The predicted molar refractivity (Wildman–Crippen MR) is 90.1 cm³/mol. The van der Waals surface area contributed by atoms with Gasteiger partial charge < -0.3 is 9.47 Å². The second kappa shape index (κ2) is 5.90. The maximum Gasteiger partial charge on any atom is 0.307 e. The van der Waals surface area contributed by atoms with Gasteiger partial charge >= 0.3 is 5.79 Å². The van der Waals surface area contributed by atoms with E-state index in [1.165, 1.54) is 36.4 Å². The first kappa shape index (κ1) is 16.2. The SMILES string of the molecule is Fc1[c]cc2c(c1)OC(c1ccc(F)cc1)(c1ccc(Cl)cc1Cl)O2. The Labute approximate surface area is 152 Å². The number of hydrogen-bond donors (Lipinski definition) is 0. The van der Waals surface area contributed by atoms with Crippen molar-refractivity contribution >= 4 is 23.2 Å². The van der Waals surface area contributed by atoms with Gasteiger partial charge in [-0.25, -0.2) is 8.78 Å². The van der Waals surface area contributed by atoms with Crippen LogP contribution in [0.4, 0.5) is 8.78 Å². The van der Waals surface area contributed by atoms with Crippen molar-refractivity contribution in [3.05, 3.63) is 93.5 Å². The van der Waals surface area contributed by atoms with Crippen LogP contribution in [0, 0.1) is 17.7 Å². The van der Waals surface area contributed by atoms with Crippen LogP contribution in [-0.4, -0.2) is 0 Å². The van der Waals surface area contributed by atoms with Gasteiger partial charge in [0.25, 0.3) is 0 Å². The van der Waals surface area contributed by atoms with E-state index in [1.54, 1.807) is 18.2 Å². The first-order valence-electron chi connectivity index (χ1n) is 7.29. The van der Waals surface area contributed by atoms with Crippen LogP contribution in [0.2, 0.25) is 10.0 Å². The standard InChI is InChI=1S/C19H9Cl2F2O2/c20-12-3-7-15(16(21)9-12)19(11-1-4-13(22)5-2-11)24-17-8-6-14(23)10-18(17)25-19/h1-5,7-10H. The molecule has 0 N–H and O–H groups in total. The van der Waals surface area contributed by atoms with Gasteiger partial charge in [-0.05, 0) is 48.5 Å². The monoisotopic (exact) mass is 377 g/mol. The van der Waals surface area contributed by atoms with Crippen LogP contribution in [-0.2, 0) is 5.79 Å². The Kier molecular flexibility index (Phi) is 3.82. The molecule has 0 saturated carbocycles. The molecule has 1 unspecified atom stereocenters. The minimum atomic E-state index is -1.49. The van der Waals surface area contributed by atoms with Crippen molar-refractivity contribution in [1.82, 2.24) is 0 Å². The lowest BCUT2D eigenvalue weighted by atomic mass is 9.97. The van der Waals surface area contributed by atoms with Gasteiger partial charge in [-0.1, -0.05) is 23.2 Å². The summed E-state index contributed by atoms with van der Waals surface area (Å²) < 4.78 is 38.9. The zero-order valence-electron chi connectivity index (χ0n) is 12.5. The van der Waals surface area contributed by atoms with Crippen LogP contribution in [0.1, 0.15) is 11.1 Å². The fraction of sp³-hybridized carbons (Fsp3) is 0.0526.